The smallest absolute Gasteiger partial charge is 0.161 e. The zero-order chi connectivity index (χ0) is 25.1. The Labute approximate surface area is 217 Å². The number of rotatable bonds is 3. The van der Waals surface area contributed by atoms with Gasteiger partial charge in [0.1, 0.15) is 22.2 Å². The van der Waals surface area contributed by atoms with Gasteiger partial charge in [-0.05, 0) is 58.7 Å². The molecule has 8 rings (SSSR count). The number of para-hydroxylation sites is 2. The van der Waals surface area contributed by atoms with Crippen LogP contribution in [0.15, 0.2) is 130 Å². The van der Waals surface area contributed by atoms with E-state index < -0.39 is 0 Å². The lowest BCUT2D eigenvalue weighted by Crippen LogP contribution is -1.84. The van der Waals surface area contributed by atoms with Gasteiger partial charge in [0, 0.05) is 34.3 Å². The van der Waals surface area contributed by atoms with Crippen LogP contribution in [-0.4, -0.2) is 9.97 Å². The quantitative estimate of drug-likeness (QED) is 0.249. The molecule has 38 heavy (non-hydrogen) atoms. The Morgan fingerprint density at radius 2 is 0.789 bits per heavy atom. The van der Waals surface area contributed by atoms with E-state index in [1.807, 2.05) is 60.9 Å². The van der Waals surface area contributed by atoms with Crippen LogP contribution >= 0.6 is 0 Å². The van der Waals surface area contributed by atoms with E-state index in [-0.39, 0.29) is 0 Å². The molecule has 8 aromatic rings. The third-order valence-corrected chi connectivity index (χ3v) is 7.24. The van der Waals surface area contributed by atoms with Gasteiger partial charge in [0.25, 0.3) is 0 Å². The summed E-state index contributed by atoms with van der Waals surface area (Å²) in [6, 6.07) is 37.3. The Bertz CT molecular complexity index is 1960. The lowest BCUT2D eigenvalue weighted by molar-refractivity contribution is 0.669. The molecule has 4 aromatic heterocycles. The molecule has 0 unspecified atom stereocenters. The van der Waals surface area contributed by atoms with E-state index in [9.17, 15) is 0 Å². The fraction of sp³-hybridized carbons (Fsp3) is 0. The zero-order valence-corrected chi connectivity index (χ0v) is 20.3. The van der Waals surface area contributed by atoms with Crippen LogP contribution in [0.1, 0.15) is 0 Å². The van der Waals surface area contributed by atoms with E-state index in [2.05, 4.69) is 70.6 Å². The van der Waals surface area contributed by atoms with Gasteiger partial charge in [-0.3, -0.25) is 9.97 Å². The number of hydrogen-bond donors (Lipinski definition) is 0. The summed E-state index contributed by atoms with van der Waals surface area (Å²) in [5.74, 6) is 0. The first kappa shape index (κ1) is 20.9. The van der Waals surface area contributed by atoms with E-state index >= 15 is 0 Å². The average molecular weight is 489 g/mol. The molecule has 0 saturated carbocycles. The molecule has 0 spiro atoms. The molecule has 178 valence electrons. The van der Waals surface area contributed by atoms with Crippen molar-refractivity contribution in [2.24, 2.45) is 0 Å². The Balaban J connectivity index is 1.14. The normalized spacial score (nSPS) is 11.7. The molecule has 0 saturated heterocycles. The SMILES string of the molecule is c1ccc2c(c1)oc1c(-c3ccc(-c4ccc(-c5ccnc6c5oc5ccccc56)cc4)cc3)ccnc12. The van der Waals surface area contributed by atoms with Gasteiger partial charge >= 0.3 is 0 Å². The van der Waals surface area contributed by atoms with Gasteiger partial charge in [0.05, 0.1) is 0 Å². The van der Waals surface area contributed by atoms with Crippen LogP contribution < -0.4 is 0 Å². The third kappa shape index (κ3) is 3.17. The Morgan fingerprint density at radius 3 is 1.24 bits per heavy atom. The minimum absolute atomic E-state index is 0.819. The number of fused-ring (bicyclic) bond motifs is 6. The van der Waals surface area contributed by atoms with Crippen LogP contribution in [0.25, 0.3) is 77.5 Å². The molecular formula is C34H20N2O2. The second-order valence-electron chi connectivity index (χ2n) is 9.42. The summed E-state index contributed by atoms with van der Waals surface area (Å²) < 4.78 is 12.4. The van der Waals surface area contributed by atoms with Crippen LogP contribution in [-0.2, 0) is 0 Å². The number of pyridine rings is 2. The van der Waals surface area contributed by atoms with Crippen molar-refractivity contribution in [2.45, 2.75) is 0 Å². The molecule has 0 radical (unpaired) electrons. The van der Waals surface area contributed by atoms with E-state index in [0.29, 0.717) is 0 Å². The van der Waals surface area contributed by atoms with E-state index in [1.54, 1.807) is 0 Å². The molecule has 0 aliphatic rings. The molecule has 0 aliphatic carbocycles. The number of furan rings is 2. The Kier molecular flexibility index (Phi) is 4.49. The summed E-state index contributed by atoms with van der Waals surface area (Å²) in [5.41, 5.74) is 11.7. The summed E-state index contributed by atoms with van der Waals surface area (Å²) in [4.78, 5) is 9.16. The topological polar surface area (TPSA) is 52.1 Å². The fourth-order valence-electron chi connectivity index (χ4n) is 5.35. The first-order valence-electron chi connectivity index (χ1n) is 12.6. The highest BCUT2D eigenvalue weighted by Gasteiger charge is 2.14. The van der Waals surface area contributed by atoms with Gasteiger partial charge < -0.3 is 8.83 Å². The van der Waals surface area contributed by atoms with Crippen molar-refractivity contribution in [2.75, 3.05) is 0 Å². The van der Waals surface area contributed by atoms with Crippen LogP contribution in [0.3, 0.4) is 0 Å². The highest BCUT2D eigenvalue weighted by atomic mass is 16.3. The fourth-order valence-corrected chi connectivity index (χ4v) is 5.35. The maximum absolute atomic E-state index is 6.18. The highest BCUT2D eigenvalue weighted by molar-refractivity contribution is 6.08. The molecule has 4 heteroatoms. The summed E-state index contributed by atoms with van der Waals surface area (Å²) >= 11 is 0. The molecule has 0 bridgehead atoms. The van der Waals surface area contributed by atoms with Crippen molar-refractivity contribution < 1.29 is 8.83 Å². The largest absolute Gasteiger partial charge is 0.454 e. The van der Waals surface area contributed by atoms with Crippen molar-refractivity contribution in [3.63, 3.8) is 0 Å². The molecule has 4 nitrogen and oxygen atoms in total. The first-order valence-corrected chi connectivity index (χ1v) is 12.6. The van der Waals surface area contributed by atoms with Crippen LogP contribution in [0.4, 0.5) is 0 Å². The molecule has 4 aromatic carbocycles. The molecule has 0 N–H and O–H groups in total. The van der Waals surface area contributed by atoms with Gasteiger partial charge in [-0.15, -0.1) is 0 Å². The molecule has 0 amide bonds. The lowest BCUT2D eigenvalue weighted by Gasteiger charge is -2.07. The van der Waals surface area contributed by atoms with Crippen LogP contribution in [0, 0.1) is 0 Å². The molecule has 0 atom stereocenters. The van der Waals surface area contributed by atoms with Crippen molar-refractivity contribution in [3.8, 4) is 33.4 Å². The predicted octanol–water partition coefficient (Wildman–Crippen LogP) is 9.28. The summed E-state index contributed by atoms with van der Waals surface area (Å²) in [7, 11) is 0. The highest BCUT2D eigenvalue weighted by Crippen LogP contribution is 2.37. The maximum Gasteiger partial charge on any atom is 0.161 e. The monoisotopic (exact) mass is 488 g/mol. The minimum Gasteiger partial charge on any atom is -0.454 e. The number of nitrogens with zero attached hydrogens (tertiary/aromatic N) is 2. The third-order valence-electron chi connectivity index (χ3n) is 7.24. The van der Waals surface area contributed by atoms with Crippen molar-refractivity contribution in [1.29, 1.82) is 0 Å². The summed E-state index contributed by atoms with van der Waals surface area (Å²) in [5, 5.41) is 2.07. The van der Waals surface area contributed by atoms with Gasteiger partial charge in [0.15, 0.2) is 11.2 Å². The first-order chi connectivity index (χ1) is 18.8. The lowest BCUT2D eigenvalue weighted by atomic mass is 9.98. The summed E-state index contributed by atoms with van der Waals surface area (Å²) in [6.07, 6.45) is 3.70. The Hall–Kier alpha value is -5.22. The average Bonchev–Trinajstić information content (AvgIpc) is 3.56. The minimum atomic E-state index is 0.819. The molecule has 0 aliphatic heterocycles. The summed E-state index contributed by atoms with van der Waals surface area (Å²) in [6.45, 7) is 0. The number of benzene rings is 4. The van der Waals surface area contributed by atoms with E-state index in [4.69, 9.17) is 8.83 Å². The Morgan fingerprint density at radius 1 is 0.395 bits per heavy atom. The predicted molar refractivity (Wildman–Crippen MR) is 153 cm³/mol. The van der Waals surface area contributed by atoms with Gasteiger partial charge in [0.2, 0.25) is 0 Å². The van der Waals surface area contributed by atoms with Crippen molar-refractivity contribution >= 4 is 44.1 Å². The van der Waals surface area contributed by atoms with Gasteiger partial charge in [-0.25, -0.2) is 0 Å². The van der Waals surface area contributed by atoms with Gasteiger partial charge in [-0.2, -0.15) is 0 Å². The van der Waals surface area contributed by atoms with Crippen LogP contribution in [0.2, 0.25) is 0 Å². The maximum atomic E-state index is 6.18. The molecule has 4 heterocycles. The van der Waals surface area contributed by atoms with Crippen LogP contribution in [0.5, 0.6) is 0 Å². The molecule has 0 fully saturated rings. The van der Waals surface area contributed by atoms with E-state index in [0.717, 1.165) is 77.5 Å². The second-order valence-corrected chi connectivity index (χ2v) is 9.42. The van der Waals surface area contributed by atoms with Crippen molar-refractivity contribution in [1.82, 2.24) is 9.97 Å². The zero-order valence-electron chi connectivity index (χ0n) is 20.3. The number of hydrogen-bond acceptors (Lipinski definition) is 4. The standard InChI is InChI=1S/C34H20N2O2/c1-3-7-29-27(5-1)31-33(37-29)25(17-19-35-31)23-13-9-21(10-14-23)22-11-15-24(16-12-22)26-18-20-36-32-28-6-2-4-8-30(28)38-34(26)32/h1-20H. The second kappa shape index (κ2) is 8.15. The van der Waals surface area contributed by atoms with E-state index in [1.165, 1.54) is 0 Å². The van der Waals surface area contributed by atoms with Gasteiger partial charge in [-0.1, -0.05) is 72.8 Å². The number of aromatic nitrogens is 2. The molecular weight excluding hydrogens is 468 g/mol. The van der Waals surface area contributed by atoms with Crippen molar-refractivity contribution in [3.05, 3.63) is 122 Å².